The molecule has 2 amide bonds. The Balaban J connectivity index is 1.71. The molecule has 0 radical (unpaired) electrons. The Morgan fingerprint density at radius 2 is 0.973 bits per heavy atom. The Hall–Kier alpha value is -4.16. The van der Waals surface area contributed by atoms with Crippen molar-refractivity contribution < 1.29 is 9.59 Å². The zero-order valence-corrected chi connectivity index (χ0v) is 22.2. The molecule has 0 unspecified atom stereocenters. The van der Waals surface area contributed by atoms with E-state index in [0.29, 0.717) is 17.6 Å². The van der Waals surface area contributed by atoms with Crippen molar-refractivity contribution in [1.29, 1.82) is 0 Å². The Morgan fingerprint density at radius 3 is 1.30 bits per heavy atom. The lowest BCUT2D eigenvalue weighted by Crippen LogP contribution is -2.41. The van der Waals surface area contributed by atoms with Crippen LogP contribution in [0.1, 0.15) is 17.5 Å². The molecule has 5 rings (SSSR count). The number of hydrogen-bond acceptors (Lipinski definition) is 5. The van der Waals surface area contributed by atoms with E-state index in [2.05, 4.69) is 70.5 Å². The van der Waals surface area contributed by atoms with Crippen LogP contribution in [0.3, 0.4) is 0 Å². The normalized spacial score (nSPS) is 17.1. The molecule has 2 bridgehead atoms. The first-order valence-corrected chi connectivity index (χ1v) is 12.4. The third-order valence-corrected chi connectivity index (χ3v) is 7.05. The SMILES string of the molecule is CN(C)c1ccc(C2=C3C=C4C(=O)N(N(C)C)C(=O)C4=CC(=C(c4ccc(N(C)C)cc4)C=C2)C3)cc1. The van der Waals surface area contributed by atoms with Crippen LogP contribution in [0.5, 0.6) is 0 Å². The number of anilines is 2. The quantitative estimate of drug-likeness (QED) is 0.567. The smallest absolute Gasteiger partial charge is 0.276 e. The van der Waals surface area contributed by atoms with Crippen LogP contribution in [0.15, 0.2) is 95.1 Å². The first-order chi connectivity index (χ1) is 17.7. The van der Waals surface area contributed by atoms with Crippen LogP contribution in [0.2, 0.25) is 0 Å². The summed E-state index contributed by atoms with van der Waals surface area (Å²) in [6, 6.07) is 16.9. The van der Waals surface area contributed by atoms with Gasteiger partial charge in [-0.05, 0) is 76.3 Å². The number of nitrogens with zero attached hydrogens (tertiary/aromatic N) is 4. The predicted octanol–water partition coefficient (Wildman–Crippen LogP) is 4.70. The van der Waals surface area contributed by atoms with Gasteiger partial charge in [0.2, 0.25) is 0 Å². The number of fused-ring (bicyclic) bond motifs is 3. The number of benzene rings is 2. The maximum Gasteiger partial charge on any atom is 0.276 e. The molecule has 0 saturated carbocycles. The van der Waals surface area contributed by atoms with Crippen molar-refractivity contribution >= 4 is 34.3 Å². The van der Waals surface area contributed by atoms with Gasteiger partial charge >= 0.3 is 0 Å². The van der Waals surface area contributed by atoms with Gasteiger partial charge in [-0.15, -0.1) is 0 Å². The summed E-state index contributed by atoms with van der Waals surface area (Å²) in [7, 11) is 11.5. The van der Waals surface area contributed by atoms with Crippen molar-refractivity contribution in [2.24, 2.45) is 0 Å². The second-order valence-corrected chi connectivity index (χ2v) is 10.2. The monoisotopic (exact) mass is 492 g/mol. The molecule has 0 spiro atoms. The highest BCUT2D eigenvalue weighted by atomic mass is 16.2. The fourth-order valence-electron chi connectivity index (χ4n) is 5.02. The fraction of sp³-hybridized carbons (Fsp3) is 0.226. The van der Waals surface area contributed by atoms with Crippen LogP contribution in [-0.4, -0.2) is 64.1 Å². The second kappa shape index (κ2) is 9.37. The Bertz CT molecular complexity index is 1330. The van der Waals surface area contributed by atoms with Crippen molar-refractivity contribution in [1.82, 2.24) is 10.0 Å². The number of rotatable bonds is 5. The van der Waals surface area contributed by atoms with Crippen LogP contribution in [-0.2, 0) is 9.59 Å². The Morgan fingerprint density at radius 1 is 0.595 bits per heavy atom. The fourth-order valence-corrected chi connectivity index (χ4v) is 5.02. The molecule has 1 heterocycles. The highest BCUT2D eigenvalue weighted by molar-refractivity contribution is 6.25. The van der Waals surface area contributed by atoms with E-state index in [1.54, 1.807) is 19.1 Å². The average molecular weight is 493 g/mol. The molecule has 188 valence electrons. The molecule has 3 aliphatic rings. The van der Waals surface area contributed by atoms with Crippen molar-refractivity contribution in [3.8, 4) is 0 Å². The van der Waals surface area contributed by atoms with Crippen molar-refractivity contribution in [2.75, 3.05) is 52.1 Å². The van der Waals surface area contributed by atoms with Gasteiger partial charge < -0.3 is 9.80 Å². The minimum Gasteiger partial charge on any atom is -0.378 e. The van der Waals surface area contributed by atoms with Gasteiger partial charge in [-0.25, -0.2) is 10.0 Å². The molecular weight excluding hydrogens is 460 g/mol. The first kappa shape index (κ1) is 24.5. The summed E-state index contributed by atoms with van der Waals surface area (Å²) in [6.45, 7) is 0. The highest BCUT2D eigenvalue weighted by Crippen LogP contribution is 2.41. The van der Waals surface area contributed by atoms with Crippen molar-refractivity contribution in [2.45, 2.75) is 6.42 Å². The lowest BCUT2D eigenvalue weighted by atomic mass is 9.94. The lowest BCUT2D eigenvalue weighted by Gasteiger charge is -2.20. The molecule has 0 atom stereocenters. The van der Waals surface area contributed by atoms with E-state index >= 15 is 0 Å². The third-order valence-electron chi connectivity index (χ3n) is 7.05. The van der Waals surface area contributed by atoms with Crippen LogP contribution in [0.4, 0.5) is 11.4 Å². The van der Waals surface area contributed by atoms with Crippen LogP contribution in [0, 0.1) is 0 Å². The molecule has 1 fully saturated rings. The van der Waals surface area contributed by atoms with Crippen LogP contribution in [0.25, 0.3) is 11.1 Å². The number of hydrazine groups is 1. The van der Waals surface area contributed by atoms with Gasteiger partial charge in [0, 0.05) is 53.7 Å². The van der Waals surface area contributed by atoms with Gasteiger partial charge in [0.05, 0.1) is 11.1 Å². The number of carbonyl (C=O) groups excluding carboxylic acids is 2. The Labute approximate surface area is 218 Å². The van der Waals surface area contributed by atoms with Gasteiger partial charge in [0.1, 0.15) is 0 Å². The third kappa shape index (κ3) is 4.34. The summed E-state index contributed by atoms with van der Waals surface area (Å²) in [5, 5.41) is 2.76. The van der Waals surface area contributed by atoms with E-state index in [1.165, 1.54) is 5.01 Å². The zero-order valence-electron chi connectivity index (χ0n) is 22.2. The summed E-state index contributed by atoms with van der Waals surface area (Å²) in [6.07, 6.45) is 8.74. The Kier molecular flexibility index (Phi) is 6.21. The maximum absolute atomic E-state index is 13.3. The van der Waals surface area contributed by atoms with E-state index < -0.39 is 0 Å². The molecule has 2 aromatic rings. The lowest BCUT2D eigenvalue weighted by molar-refractivity contribution is -0.150. The van der Waals surface area contributed by atoms with Crippen LogP contribution >= 0.6 is 0 Å². The van der Waals surface area contributed by atoms with Gasteiger partial charge in [-0.2, -0.15) is 0 Å². The molecule has 1 saturated heterocycles. The summed E-state index contributed by atoms with van der Waals surface area (Å²) < 4.78 is 0. The van der Waals surface area contributed by atoms with Crippen molar-refractivity contribution in [3.63, 3.8) is 0 Å². The number of carbonyl (C=O) groups is 2. The van der Waals surface area contributed by atoms with Crippen molar-refractivity contribution in [3.05, 3.63) is 106 Å². The van der Waals surface area contributed by atoms with Gasteiger partial charge in [0.15, 0.2) is 0 Å². The van der Waals surface area contributed by atoms with E-state index in [9.17, 15) is 9.59 Å². The average Bonchev–Trinajstić information content (AvgIpc) is 3.04. The number of imide groups is 1. The predicted molar refractivity (Wildman–Crippen MR) is 151 cm³/mol. The molecular formula is C31H32N4O2. The van der Waals surface area contributed by atoms with E-state index in [0.717, 1.165) is 44.8 Å². The number of amides is 2. The molecule has 6 heteroatoms. The zero-order chi connectivity index (χ0) is 26.4. The van der Waals surface area contributed by atoms with E-state index in [1.807, 2.05) is 40.3 Å². The van der Waals surface area contributed by atoms with E-state index in [4.69, 9.17) is 0 Å². The molecule has 0 aromatic heterocycles. The summed E-state index contributed by atoms with van der Waals surface area (Å²) in [4.78, 5) is 30.8. The molecule has 6 nitrogen and oxygen atoms in total. The minimum atomic E-state index is -0.288. The highest BCUT2D eigenvalue weighted by Gasteiger charge is 2.41. The van der Waals surface area contributed by atoms with Gasteiger partial charge in [0.25, 0.3) is 11.8 Å². The molecule has 2 aliphatic carbocycles. The first-order valence-electron chi connectivity index (χ1n) is 12.4. The summed E-state index contributed by atoms with van der Waals surface area (Å²) in [5.74, 6) is -0.576. The van der Waals surface area contributed by atoms with Crippen LogP contribution < -0.4 is 9.80 Å². The van der Waals surface area contributed by atoms with Gasteiger partial charge in [-0.3, -0.25) is 9.59 Å². The molecule has 2 aromatic carbocycles. The maximum atomic E-state index is 13.3. The summed E-state index contributed by atoms with van der Waals surface area (Å²) >= 11 is 0. The minimum absolute atomic E-state index is 0.288. The van der Waals surface area contributed by atoms with E-state index in [-0.39, 0.29) is 11.8 Å². The summed E-state index contributed by atoms with van der Waals surface area (Å²) in [5.41, 5.74) is 9.42. The van der Waals surface area contributed by atoms with Gasteiger partial charge in [-0.1, -0.05) is 36.4 Å². The topological polar surface area (TPSA) is 47.1 Å². The number of allylic oxidation sites excluding steroid dienone is 8. The molecule has 1 aliphatic heterocycles. The number of hydrogen-bond donors (Lipinski definition) is 0. The molecule has 0 N–H and O–H groups in total. The standard InChI is InChI=1S/C31H32N4O2/c1-32(2)24-11-7-20(8-12-24)26-15-16-27(21-9-13-25(14-10-21)33(3)4)23-17-22(26)18-28-29(19-23)31(37)35(30(28)36)34(5)6/h7-16,18-19H,17H2,1-6H3. The second-order valence-electron chi connectivity index (χ2n) is 10.2. The largest absolute Gasteiger partial charge is 0.378 e. The molecule has 37 heavy (non-hydrogen) atoms.